The first-order chi connectivity index (χ1) is 19.2. The summed E-state index contributed by atoms with van der Waals surface area (Å²) in [6, 6.07) is 15.0. The highest BCUT2D eigenvalue weighted by Gasteiger charge is 2.34. The molecule has 3 amide bonds. The standard InChI is InChI=1S/C30H32N8O2/c1-30(2,3)25-15-26(38(36-25)22-8-9-24-19(13-22)10-11-32-24)35-29(40)34-21-7-5-6-18(12-21)23-14-20-16-31-17-33-27(20)37(4)28(23)39/h5-9,12-17,23,27,32H,10-11H2,1-4H3,(H2,34,35,40). The van der Waals surface area contributed by atoms with Crippen LogP contribution in [0, 0.1) is 0 Å². The summed E-state index contributed by atoms with van der Waals surface area (Å²) in [5.74, 6) is 0.0123. The Balaban J connectivity index is 1.24. The van der Waals surface area contributed by atoms with Gasteiger partial charge >= 0.3 is 6.03 Å². The fourth-order valence-electron chi connectivity index (χ4n) is 5.21. The lowest BCUT2D eigenvalue weighted by Gasteiger charge is -2.34. The van der Waals surface area contributed by atoms with E-state index in [9.17, 15) is 9.59 Å². The Bertz CT molecular complexity index is 1590. The molecule has 3 aliphatic heterocycles. The van der Waals surface area contributed by atoms with Crippen LogP contribution in [0.5, 0.6) is 0 Å². The number of nitrogens with one attached hydrogen (secondary N) is 3. The van der Waals surface area contributed by atoms with Crippen molar-refractivity contribution in [3.8, 4) is 5.69 Å². The van der Waals surface area contributed by atoms with E-state index in [1.165, 1.54) is 11.9 Å². The molecule has 204 valence electrons. The van der Waals surface area contributed by atoms with Crippen molar-refractivity contribution in [1.82, 2.24) is 14.7 Å². The molecule has 2 aromatic carbocycles. The highest BCUT2D eigenvalue weighted by molar-refractivity contribution is 6.00. The second-order valence-corrected chi connectivity index (χ2v) is 11.3. The van der Waals surface area contributed by atoms with E-state index in [-0.39, 0.29) is 17.5 Å². The second-order valence-electron chi connectivity index (χ2n) is 11.3. The first kappa shape index (κ1) is 25.5. The van der Waals surface area contributed by atoms with Crippen LogP contribution in [0.2, 0.25) is 0 Å². The van der Waals surface area contributed by atoms with E-state index in [1.807, 2.05) is 36.4 Å². The van der Waals surface area contributed by atoms with E-state index in [0.29, 0.717) is 11.5 Å². The molecular formula is C30H32N8O2. The average molecular weight is 537 g/mol. The first-order valence-corrected chi connectivity index (χ1v) is 13.4. The van der Waals surface area contributed by atoms with E-state index in [4.69, 9.17) is 5.10 Å². The number of carbonyl (C=O) groups excluding carboxylic acids is 2. The van der Waals surface area contributed by atoms with Gasteiger partial charge in [-0.05, 0) is 47.9 Å². The van der Waals surface area contributed by atoms with E-state index in [2.05, 4.69) is 58.8 Å². The van der Waals surface area contributed by atoms with E-state index in [1.54, 1.807) is 28.9 Å². The van der Waals surface area contributed by atoms with Crippen molar-refractivity contribution in [3.05, 3.63) is 77.0 Å². The zero-order valence-corrected chi connectivity index (χ0v) is 23.0. The summed E-state index contributed by atoms with van der Waals surface area (Å²) in [5, 5.41) is 14.1. The summed E-state index contributed by atoms with van der Waals surface area (Å²) in [5.41, 5.74) is 6.14. The number of likely N-dealkylation sites (N-methyl/N-ethyl adjacent to an activating group) is 1. The van der Waals surface area contributed by atoms with Crippen molar-refractivity contribution in [2.45, 2.75) is 44.7 Å². The number of benzene rings is 2. The van der Waals surface area contributed by atoms with Crippen LogP contribution in [-0.4, -0.2) is 58.9 Å². The molecule has 40 heavy (non-hydrogen) atoms. The Hall–Kier alpha value is -4.73. The molecule has 2 unspecified atom stereocenters. The molecule has 0 radical (unpaired) electrons. The molecule has 10 nitrogen and oxygen atoms in total. The molecular weight excluding hydrogens is 504 g/mol. The molecule has 3 N–H and O–H groups in total. The topological polar surface area (TPSA) is 116 Å². The molecule has 6 rings (SSSR count). The van der Waals surface area contributed by atoms with Crippen LogP contribution in [0.3, 0.4) is 0 Å². The molecule has 0 saturated carbocycles. The van der Waals surface area contributed by atoms with Crippen molar-refractivity contribution in [2.24, 2.45) is 9.98 Å². The van der Waals surface area contributed by atoms with Crippen LogP contribution in [-0.2, 0) is 16.6 Å². The van der Waals surface area contributed by atoms with Gasteiger partial charge < -0.3 is 15.5 Å². The summed E-state index contributed by atoms with van der Waals surface area (Å²) >= 11 is 0. The summed E-state index contributed by atoms with van der Waals surface area (Å²) in [6.45, 7) is 7.19. The van der Waals surface area contributed by atoms with Crippen LogP contribution >= 0.6 is 0 Å². The lowest BCUT2D eigenvalue weighted by molar-refractivity contribution is -0.132. The van der Waals surface area contributed by atoms with Gasteiger partial charge in [0.25, 0.3) is 0 Å². The number of fused-ring (bicyclic) bond motifs is 2. The number of nitrogens with zero attached hydrogens (tertiary/aromatic N) is 5. The van der Waals surface area contributed by atoms with E-state index < -0.39 is 11.9 Å². The van der Waals surface area contributed by atoms with Crippen LogP contribution in [0.1, 0.15) is 43.5 Å². The van der Waals surface area contributed by atoms with Crippen LogP contribution in [0.15, 0.2) is 70.2 Å². The molecule has 4 heterocycles. The third kappa shape index (κ3) is 4.76. The molecule has 0 spiro atoms. The Morgan fingerprint density at radius 2 is 1.95 bits per heavy atom. The van der Waals surface area contributed by atoms with Crippen molar-refractivity contribution in [1.29, 1.82) is 0 Å². The lowest BCUT2D eigenvalue weighted by Crippen LogP contribution is -2.44. The molecule has 10 heteroatoms. The lowest BCUT2D eigenvalue weighted by atomic mass is 9.90. The minimum absolute atomic E-state index is 0.0639. The predicted octanol–water partition coefficient (Wildman–Crippen LogP) is 4.70. The zero-order valence-electron chi connectivity index (χ0n) is 23.0. The van der Waals surface area contributed by atoms with Crippen LogP contribution < -0.4 is 16.0 Å². The quantitative estimate of drug-likeness (QED) is 0.448. The van der Waals surface area contributed by atoms with Gasteiger partial charge in [-0.2, -0.15) is 5.10 Å². The smallest absolute Gasteiger partial charge is 0.324 e. The fraction of sp³-hybridized carbons (Fsp3) is 0.300. The normalized spacial score (nSPS) is 19.6. The number of aromatic nitrogens is 2. The maximum atomic E-state index is 13.2. The third-order valence-electron chi connectivity index (χ3n) is 7.40. The Kier molecular flexibility index (Phi) is 6.25. The summed E-state index contributed by atoms with van der Waals surface area (Å²) in [6.07, 6.45) is 5.69. The van der Waals surface area contributed by atoms with Gasteiger partial charge in [0.15, 0.2) is 6.17 Å². The molecule has 0 fully saturated rings. The number of carbonyl (C=O) groups is 2. The monoisotopic (exact) mass is 536 g/mol. The molecule has 0 aliphatic carbocycles. The molecule has 0 saturated heterocycles. The summed E-state index contributed by atoms with van der Waals surface area (Å²) in [4.78, 5) is 36.4. The average Bonchev–Trinajstić information content (AvgIpc) is 3.57. The molecule has 1 aromatic heterocycles. The first-order valence-electron chi connectivity index (χ1n) is 13.4. The van der Waals surface area contributed by atoms with Crippen molar-refractivity contribution in [3.63, 3.8) is 0 Å². The van der Waals surface area contributed by atoms with Gasteiger partial charge in [0.05, 0.1) is 17.3 Å². The predicted molar refractivity (Wildman–Crippen MR) is 158 cm³/mol. The highest BCUT2D eigenvalue weighted by atomic mass is 16.2. The van der Waals surface area contributed by atoms with Gasteiger partial charge in [-0.3, -0.25) is 10.1 Å². The van der Waals surface area contributed by atoms with Crippen molar-refractivity contribution < 1.29 is 9.59 Å². The second kappa shape index (κ2) is 9.78. The molecule has 0 bridgehead atoms. The molecule has 2 atom stereocenters. The number of aliphatic imine (C=N–C) groups is 2. The van der Waals surface area contributed by atoms with Crippen molar-refractivity contribution in [2.75, 3.05) is 29.5 Å². The summed E-state index contributed by atoms with van der Waals surface area (Å²) < 4.78 is 1.78. The number of hydrogen-bond acceptors (Lipinski definition) is 6. The minimum atomic E-state index is -0.495. The number of rotatable bonds is 4. The highest BCUT2D eigenvalue weighted by Crippen LogP contribution is 2.32. The number of amides is 3. The maximum Gasteiger partial charge on any atom is 0.324 e. The van der Waals surface area contributed by atoms with Gasteiger partial charge in [0.1, 0.15) is 12.2 Å². The molecule has 3 aliphatic rings. The van der Waals surface area contributed by atoms with Gasteiger partial charge in [-0.15, -0.1) is 0 Å². The van der Waals surface area contributed by atoms with Gasteiger partial charge in [-0.1, -0.05) is 39.0 Å². The van der Waals surface area contributed by atoms with Crippen LogP contribution in [0.4, 0.5) is 22.0 Å². The minimum Gasteiger partial charge on any atom is -0.384 e. The largest absolute Gasteiger partial charge is 0.384 e. The van der Waals surface area contributed by atoms with Crippen LogP contribution in [0.25, 0.3) is 5.69 Å². The fourth-order valence-corrected chi connectivity index (χ4v) is 5.21. The number of urea groups is 1. The van der Waals surface area contributed by atoms with E-state index >= 15 is 0 Å². The maximum absolute atomic E-state index is 13.2. The Labute approximate surface area is 232 Å². The SMILES string of the molecule is CN1C(=O)C(c2cccc(NC(=O)Nc3cc(C(C)(C)C)nn3-c3ccc4c(c3)CCN4)c2)C=C2C=NC=NC21. The molecule has 3 aromatic rings. The Morgan fingerprint density at radius 3 is 2.77 bits per heavy atom. The third-order valence-corrected chi connectivity index (χ3v) is 7.40. The van der Waals surface area contributed by atoms with E-state index in [0.717, 1.165) is 41.2 Å². The number of hydrogen-bond donors (Lipinski definition) is 3. The summed E-state index contributed by atoms with van der Waals surface area (Å²) in [7, 11) is 1.74. The van der Waals surface area contributed by atoms with Gasteiger partial charge in [0, 0.05) is 48.2 Å². The number of anilines is 3. The van der Waals surface area contributed by atoms with Gasteiger partial charge in [0.2, 0.25) is 5.91 Å². The van der Waals surface area contributed by atoms with Gasteiger partial charge in [-0.25, -0.2) is 19.5 Å². The van der Waals surface area contributed by atoms with Crippen molar-refractivity contribution >= 4 is 41.7 Å². The zero-order chi connectivity index (χ0) is 28.0. The Morgan fingerprint density at radius 1 is 1.10 bits per heavy atom.